The third-order valence-corrected chi connectivity index (χ3v) is 8.73. The first-order valence-corrected chi connectivity index (χ1v) is 12.5. The Morgan fingerprint density at radius 3 is 2.90 bits per heavy atom. The number of aromatic amines is 1. The van der Waals surface area contributed by atoms with Gasteiger partial charge >= 0.3 is 0 Å². The Morgan fingerprint density at radius 2 is 2.13 bits per heavy atom. The highest BCUT2D eigenvalue weighted by atomic mass is 32.2. The first-order valence-electron chi connectivity index (χ1n) is 10.2. The van der Waals surface area contributed by atoms with Crippen LogP contribution < -0.4 is 5.32 Å². The van der Waals surface area contributed by atoms with Crippen LogP contribution in [0.1, 0.15) is 30.0 Å². The van der Waals surface area contributed by atoms with Gasteiger partial charge in [0.1, 0.15) is 10.0 Å². The fourth-order valence-corrected chi connectivity index (χ4v) is 6.75. The minimum Gasteiger partial charge on any atom is -0.356 e. The van der Waals surface area contributed by atoms with Gasteiger partial charge < -0.3 is 10.3 Å². The monoisotopic (exact) mass is 446 g/mol. The Bertz CT molecular complexity index is 1100. The number of piperidine rings is 1. The molecule has 2 N–H and O–H groups in total. The van der Waals surface area contributed by atoms with Crippen LogP contribution in [-0.4, -0.2) is 48.2 Å². The largest absolute Gasteiger partial charge is 0.356 e. The second kappa shape index (κ2) is 8.87. The van der Waals surface area contributed by atoms with Crippen LogP contribution in [0, 0.1) is 12.8 Å². The second-order valence-electron chi connectivity index (χ2n) is 7.66. The summed E-state index contributed by atoms with van der Waals surface area (Å²) in [5.74, 6) is 0.536. The highest BCUT2D eigenvalue weighted by Gasteiger charge is 2.33. The van der Waals surface area contributed by atoms with Gasteiger partial charge in [0.15, 0.2) is 0 Å². The van der Waals surface area contributed by atoms with Crippen LogP contribution in [0.3, 0.4) is 0 Å². The van der Waals surface area contributed by atoms with Crippen LogP contribution in [0.15, 0.2) is 40.6 Å². The summed E-state index contributed by atoms with van der Waals surface area (Å²) in [5.41, 5.74) is 1.96. The van der Waals surface area contributed by atoms with Crippen molar-refractivity contribution >= 4 is 38.3 Å². The number of thiophene rings is 1. The van der Waals surface area contributed by atoms with Gasteiger partial charge in [-0.1, -0.05) is 12.1 Å². The number of aryl methyl sites for hydroxylation is 2. The van der Waals surface area contributed by atoms with E-state index in [0.717, 1.165) is 34.6 Å². The van der Waals surface area contributed by atoms with E-state index >= 15 is 0 Å². The highest BCUT2D eigenvalue weighted by Crippen LogP contribution is 2.28. The molecule has 3 aromatic rings. The van der Waals surface area contributed by atoms with Crippen LogP contribution in [-0.2, 0) is 21.2 Å². The average Bonchev–Trinajstić information content (AvgIpc) is 3.37. The minimum absolute atomic E-state index is 0.0677. The van der Waals surface area contributed by atoms with E-state index in [1.165, 1.54) is 15.6 Å². The molecule has 0 saturated carbocycles. The number of aromatic nitrogens is 2. The number of fused-ring (bicyclic) bond motifs is 1. The maximum absolute atomic E-state index is 12.9. The van der Waals surface area contributed by atoms with E-state index in [1.54, 1.807) is 6.07 Å². The number of carbonyl (C=O) groups excluding carboxylic acids is 1. The molecule has 7 nitrogen and oxygen atoms in total. The predicted molar refractivity (Wildman–Crippen MR) is 118 cm³/mol. The molecule has 1 saturated heterocycles. The number of benzene rings is 1. The lowest BCUT2D eigenvalue weighted by Gasteiger charge is -2.30. The number of carbonyl (C=O) groups is 1. The van der Waals surface area contributed by atoms with Gasteiger partial charge in [0.05, 0.1) is 17.0 Å². The summed E-state index contributed by atoms with van der Waals surface area (Å²) in [6.45, 7) is 3.15. The Labute approximate surface area is 180 Å². The van der Waals surface area contributed by atoms with Gasteiger partial charge in [-0.15, -0.1) is 11.3 Å². The Balaban J connectivity index is 1.28. The zero-order chi connectivity index (χ0) is 21.1. The summed E-state index contributed by atoms with van der Waals surface area (Å²) in [6.07, 6.45) is 2.93. The molecule has 4 rings (SSSR count). The molecule has 1 amide bonds. The first-order chi connectivity index (χ1) is 14.4. The van der Waals surface area contributed by atoms with Crippen molar-refractivity contribution < 1.29 is 13.2 Å². The van der Waals surface area contributed by atoms with Crippen molar-refractivity contribution in [3.63, 3.8) is 0 Å². The third kappa shape index (κ3) is 4.58. The van der Waals surface area contributed by atoms with Crippen molar-refractivity contribution in [1.82, 2.24) is 19.6 Å². The predicted octanol–water partition coefficient (Wildman–Crippen LogP) is 3.08. The van der Waals surface area contributed by atoms with Gasteiger partial charge in [-0.05, 0) is 50.5 Å². The maximum Gasteiger partial charge on any atom is 0.252 e. The SMILES string of the molecule is Cc1ccc(S(=O)(=O)N2CCC[C@@H](C(=O)NCCCc3nc4ccccc4[nH]3)C2)s1. The molecular weight excluding hydrogens is 420 g/mol. The zero-order valence-corrected chi connectivity index (χ0v) is 18.6. The molecule has 0 unspecified atom stereocenters. The molecule has 30 heavy (non-hydrogen) atoms. The molecule has 1 aromatic carbocycles. The number of nitrogens with zero attached hydrogens (tertiary/aromatic N) is 2. The molecule has 1 atom stereocenters. The molecule has 3 heterocycles. The number of imidazole rings is 1. The lowest BCUT2D eigenvalue weighted by molar-refractivity contribution is -0.126. The maximum atomic E-state index is 12.9. The normalized spacial score (nSPS) is 18.0. The molecule has 0 aliphatic carbocycles. The van der Waals surface area contributed by atoms with Gasteiger partial charge in [0.25, 0.3) is 10.0 Å². The van der Waals surface area contributed by atoms with Crippen molar-refractivity contribution in [3.05, 3.63) is 47.1 Å². The van der Waals surface area contributed by atoms with Crippen molar-refractivity contribution in [2.75, 3.05) is 19.6 Å². The van der Waals surface area contributed by atoms with E-state index in [1.807, 2.05) is 37.3 Å². The van der Waals surface area contributed by atoms with E-state index in [-0.39, 0.29) is 18.4 Å². The van der Waals surface area contributed by atoms with Gasteiger partial charge in [-0.2, -0.15) is 4.31 Å². The molecule has 2 aromatic heterocycles. The highest BCUT2D eigenvalue weighted by molar-refractivity contribution is 7.91. The fourth-order valence-electron chi connectivity index (χ4n) is 3.79. The number of amides is 1. The quantitative estimate of drug-likeness (QED) is 0.545. The second-order valence-corrected chi connectivity index (χ2v) is 11.1. The molecule has 1 fully saturated rings. The smallest absolute Gasteiger partial charge is 0.252 e. The van der Waals surface area contributed by atoms with Gasteiger partial charge in [-0.3, -0.25) is 4.79 Å². The van der Waals surface area contributed by atoms with Crippen LogP contribution in [0.2, 0.25) is 0 Å². The number of rotatable bonds is 7. The van der Waals surface area contributed by atoms with Gasteiger partial charge in [-0.25, -0.2) is 13.4 Å². The number of H-pyrrole nitrogens is 1. The fraction of sp³-hybridized carbons (Fsp3) is 0.429. The minimum atomic E-state index is -3.52. The standard InChI is InChI=1S/C21H26N4O3S2/c1-15-10-11-20(29-15)30(27,28)25-13-5-6-16(14-25)21(26)22-12-4-9-19-23-17-7-2-3-8-18(17)24-19/h2-3,7-8,10-11,16H,4-6,9,12-14H2,1H3,(H,22,26)(H,23,24)/t16-/m1/s1. The molecular formula is C21H26N4O3S2. The van der Waals surface area contributed by atoms with Crippen molar-refractivity contribution in [1.29, 1.82) is 0 Å². The van der Waals surface area contributed by atoms with Crippen molar-refractivity contribution in [2.24, 2.45) is 5.92 Å². The summed E-state index contributed by atoms with van der Waals surface area (Å²) in [4.78, 5) is 21.4. The summed E-state index contributed by atoms with van der Waals surface area (Å²) < 4.78 is 27.5. The van der Waals surface area contributed by atoms with Crippen LogP contribution in [0.25, 0.3) is 11.0 Å². The van der Waals surface area contributed by atoms with Gasteiger partial charge in [0.2, 0.25) is 5.91 Å². The molecule has 9 heteroatoms. The molecule has 0 spiro atoms. The zero-order valence-electron chi connectivity index (χ0n) is 16.9. The lowest BCUT2D eigenvalue weighted by atomic mass is 9.99. The Kier molecular flexibility index (Phi) is 6.21. The van der Waals surface area contributed by atoms with Crippen LogP contribution >= 0.6 is 11.3 Å². The Morgan fingerprint density at radius 1 is 1.30 bits per heavy atom. The summed E-state index contributed by atoms with van der Waals surface area (Å²) in [5, 5.41) is 2.97. The number of hydrogen-bond acceptors (Lipinski definition) is 5. The van der Waals surface area contributed by atoms with E-state index < -0.39 is 10.0 Å². The average molecular weight is 447 g/mol. The number of hydrogen-bond donors (Lipinski definition) is 2. The van der Waals surface area contributed by atoms with E-state index in [9.17, 15) is 13.2 Å². The summed E-state index contributed by atoms with van der Waals surface area (Å²) in [7, 11) is -3.52. The van der Waals surface area contributed by atoms with E-state index in [2.05, 4.69) is 15.3 Å². The molecule has 160 valence electrons. The van der Waals surface area contributed by atoms with E-state index in [0.29, 0.717) is 30.1 Å². The summed E-state index contributed by atoms with van der Waals surface area (Å²) >= 11 is 1.28. The molecule has 1 aliphatic heterocycles. The van der Waals surface area contributed by atoms with Crippen molar-refractivity contribution in [2.45, 2.75) is 36.8 Å². The molecule has 1 aliphatic rings. The van der Waals surface area contributed by atoms with E-state index in [4.69, 9.17) is 0 Å². The van der Waals surface area contributed by atoms with Crippen LogP contribution in [0.5, 0.6) is 0 Å². The topological polar surface area (TPSA) is 95.2 Å². The van der Waals surface area contributed by atoms with Crippen molar-refractivity contribution in [3.8, 4) is 0 Å². The molecule has 0 radical (unpaired) electrons. The van der Waals surface area contributed by atoms with Gasteiger partial charge in [0, 0.05) is 30.9 Å². The Hall–Kier alpha value is -2.23. The summed E-state index contributed by atoms with van der Waals surface area (Å²) in [6, 6.07) is 11.4. The number of nitrogens with one attached hydrogen (secondary N) is 2. The lowest BCUT2D eigenvalue weighted by Crippen LogP contribution is -2.45. The number of para-hydroxylation sites is 2. The number of sulfonamides is 1. The third-order valence-electron chi connectivity index (χ3n) is 5.39. The van der Waals surface area contributed by atoms with Crippen LogP contribution in [0.4, 0.5) is 0 Å². The first kappa shape index (κ1) is 21.0. The molecule has 0 bridgehead atoms.